The summed E-state index contributed by atoms with van der Waals surface area (Å²) in [6, 6.07) is 0. The summed E-state index contributed by atoms with van der Waals surface area (Å²) >= 11 is 0. The molecule has 0 saturated heterocycles. The van der Waals surface area contributed by atoms with Crippen LogP contribution >= 0.6 is 0 Å². The molecule has 4 aliphatic carbocycles. The van der Waals surface area contributed by atoms with E-state index in [1.807, 2.05) is 0 Å². The smallest absolute Gasteiger partial charge is 0.306 e. The number of hydrogen-bond acceptors (Lipinski definition) is 4. The predicted octanol–water partition coefficient (Wildman–Crippen LogP) is 4.13. The number of allylic oxidation sites excluding steroid dienone is 1. The molecule has 8 atom stereocenters. The van der Waals surface area contributed by atoms with E-state index >= 15 is 0 Å². The van der Waals surface area contributed by atoms with E-state index in [0.29, 0.717) is 30.6 Å². The molecule has 0 spiro atoms. The highest BCUT2D eigenvalue weighted by Gasteiger charge is 2.62. The van der Waals surface area contributed by atoms with Gasteiger partial charge in [-0.25, -0.2) is 0 Å². The Morgan fingerprint density at radius 1 is 1.21 bits per heavy atom. The van der Waals surface area contributed by atoms with Crippen molar-refractivity contribution >= 4 is 5.97 Å². The second-order valence-electron chi connectivity index (χ2n) is 11.2. The van der Waals surface area contributed by atoms with E-state index in [9.17, 15) is 20.1 Å². The van der Waals surface area contributed by atoms with Gasteiger partial charge in [-0.1, -0.05) is 25.5 Å². The number of aliphatic hydroxyl groups is 2. The molecule has 3 fully saturated rings. The molecule has 0 amide bonds. The maximum absolute atomic E-state index is 11.3. The number of carboxylic acid groups (broad SMARTS) is 1. The Kier molecular flexibility index (Phi) is 5.00. The number of aliphatic carboxylic acids is 1. The zero-order chi connectivity index (χ0) is 21.2. The first-order chi connectivity index (χ1) is 13.5. The van der Waals surface area contributed by atoms with Crippen LogP contribution in [0.25, 0.3) is 0 Å². The number of rotatable bonds is 4. The molecule has 0 aromatic heterocycles. The van der Waals surface area contributed by atoms with E-state index in [-0.39, 0.29) is 23.2 Å². The first kappa shape index (κ1) is 21.3. The molecule has 0 radical (unpaired) electrons. The fourth-order valence-corrected chi connectivity index (χ4v) is 8.24. The van der Waals surface area contributed by atoms with Crippen molar-refractivity contribution in [3.8, 4) is 0 Å². The van der Waals surface area contributed by atoms with Gasteiger partial charge in [0.25, 0.3) is 0 Å². The van der Waals surface area contributed by atoms with Gasteiger partial charge >= 0.3 is 5.97 Å². The second kappa shape index (κ2) is 6.80. The summed E-state index contributed by atoms with van der Waals surface area (Å²) in [4.78, 5) is 11.3. The molecule has 0 aromatic rings. The highest BCUT2D eigenvalue weighted by molar-refractivity contribution is 5.68. The summed E-state index contributed by atoms with van der Waals surface area (Å²) in [5, 5.41) is 31.1. The molecule has 4 aliphatic rings. The van der Waals surface area contributed by atoms with E-state index in [1.54, 1.807) is 14.0 Å². The van der Waals surface area contributed by atoms with Gasteiger partial charge in [0.05, 0.1) is 12.0 Å². The lowest BCUT2D eigenvalue weighted by atomic mass is 9.46. The number of methoxy groups -OCH3 is 1. The van der Waals surface area contributed by atoms with Crippen LogP contribution in [0.1, 0.15) is 78.6 Å². The van der Waals surface area contributed by atoms with Crippen molar-refractivity contribution in [1.82, 2.24) is 0 Å². The Hall–Kier alpha value is -0.910. The minimum Gasteiger partial charge on any atom is -0.481 e. The third kappa shape index (κ3) is 3.19. The van der Waals surface area contributed by atoms with E-state index < -0.39 is 17.4 Å². The fraction of sp³-hybridized carbons (Fsp3) is 0.875. The average Bonchev–Trinajstić information content (AvgIpc) is 2.99. The minimum atomic E-state index is -1.15. The number of fused-ring (bicyclic) bond motifs is 5. The standard InChI is InChI=1S/C24H38O5/c1-21-11-12-24(28,29-4)13-15(21)5-6-16-17-7-8-19(23(3,27)14-20(25)26)22(17,2)10-9-18(16)21/h5,16-19,27-28H,6-14H2,1-4H3,(H,25,26)/t16-,17-,18-,19-,21-,22-,23?,24?/m0/s1. The highest BCUT2D eigenvalue weighted by Crippen LogP contribution is 2.68. The average molecular weight is 407 g/mol. The summed E-state index contributed by atoms with van der Waals surface area (Å²) in [5.41, 5.74) is 0.340. The lowest BCUT2D eigenvalue weighted by Crippen LogP contribution is -2.54. The van der Waals surface area contributed by atoms with Crippen LogP contribution in [0.3, 0.4) is 0 Å². The van der Waals surface area contributed by atoms with Gasteiger partial charge in [0.2, 0.25) is 0 Å². The molecule has 3 saturated carbocycles. The largest absolute Gasteiger partial charge is 0.481 e. The van der Waals surface area contributed by atoms with Crippen molar-refractivity contribution in [3.05, 3.63) is 11.6 Å². The van der Waals surface area contributed by atoms with Crippen LogP contribution in [0.5, 0.6) is 0 Å². The van der Waals surface area contributed by atoms with Crippen LogP contribution < -0.4 is 0 Å². The van der Waals surface area contributed by atoms with Crippen molar-refractivity contribution in [2.24, 2.45) is 34.5 Å². The first-order valence-electron chi connectivity index (χ1n) is 11.4. The molecular formula is C24H38O5. The molecule has 0 aromatic carbocycles. The summed E-state index contributed by atoms with van der Waals surface area (Å²) < 4.78 is 5.42. The SMILES string of the molecule is COC1(O)CC[C@@]2(C)C(=CC[C@H]3[C@@H]4CC[C@H](C(C)(O)CC(=O)O)[C@@]4(C)CC[C@@H]32)C1. The second-order valence-corrected chi connectivity index (χ2v) is 11.2. The molecular weight excluding hydrogens is 368 g/mol. The van der Waals surface area contributed by atoms with Gasteiger partial charge in [0, 0.05) is 20.0 Å². The number of carboxylic acids is 1. The predicted molar refractivity (Wildman–Crippen MR) is 110 cm³/mol. The number of carbonyl (C=O) groups is 1. The Morgan fingerprint density at radius 3 is 2.59 bits per heavy atom. The topological polar surface area (TPSA) is 87.0 Å². The van der Waals surface area contributed by atoms with Gasteiger partial charge in [-0.15, -0.1) is 0 Å². The van der Waals surface area contributed by atoms with Gasteiger partial charge in [0.15, 0.2) is 5.79 Å². The molecule has 0 aliphatic heterocycles. The number of hydrogen-bond donors (Lipinski definition) is 3. The Morgan fingerprint density at radius 2 is 1.93 bits per heavy atom. The molecule has 0 bridgehead atoms. The van der Waals surface area contributed by atoms with Crippen LogP contribution in [-0.2, 0) is 9.53 Å². The Labute approximate surface area is 174 Å². The Balaban J connectivity index is 1.61. The van der Waals surface area contributed by atoms with Crippen LogP contribution in [0.4, 0.5) is 0 Å². The van der Waals surface area contributed by atoms with E-state index in [0.717, 1.165) is 38.5 Å². The van der Waals surface area contributed by atoms with Crippen molar-refractivity contribution in [2.75, 3.05) is 7.11 Å². The summed E-state index contributed by atoms with van der Waals surface area (Å²) in [5.74, 6) is -0.173. The molecule has 0 heterocycles. The quantitative estimate of drug-likeness (QED) is 0.483. The molecule has 164 valence electrons. The molecule has 5 nitrogen and oxygen atoms in total. The van der Waals surface area contributed by atoms with E-state index in [2.05, 4.69) is 19.9 Å². The van der Waals surface area contributed by atoms with Crippen LogP contribution in [0, 0.1) is 34.5 Å². The summed E-state index contributed by atoms with van der Waals surface area (Å²) in [6.45, 7) is 6.44. The van der Waals surface area contributed by atoms with Crippen molar-refractivity contribution in [1.29, 1.82) is 0 Å². The first-order valence-corrected chi connectivity index (χ1v) is 11.4. The van der Waals surface area contributed by atoms with Crippen LogP contribution in [0.15, 0.2) is 11.6 Å². The van der Waals surface area contributed by atoms with Crippen molar-refractivity contribution in [2.45, 2.75) is 89.9 Å². The molecule has 4 rings (SSSR count). The highest BCUT2D eigenvalue weighted by atomic mass is 16.6. The Bertz CT molecular complexity index is 714. The lowest BCUT2D eigenvalue weighted by Gasteiger charge is -2.59. The molecule has 29 heavy (non-hydrogen) atoms. The van der Waals surface area contributed by atoms with Gasteiger partial charge in [-0.05, 0) is 80.0 Å². The van der Waals surface area contributed by atoms with Gasteiger partial charge in [-0.2, -0.15) is 0 Å². The zero-order valence-corrected chi connectivity index (χ0v) is 18.4. The maximum atomic E-state index is 11.3. The maximum Gasteiger partial charge on any atom is 0.306 e. The number of ether oxygens (including phenoxy) is 1. The minimum absolute atomic E-state index is 0.00372. The fourth-order valence-electron chi connectivity index (χ4n) is 8.24. The van der Waals surface area contributed by atoms with Gasteiger partial charge in [0.1, 0.15) is 0 Å². The van der Waals surface area contributed by atoms with Crippen LogP contribution in [-0.4, -0.2) is 39.8 Å². The monoisotopic (exact) mass is 406 g/mol. The normalized spacial score (nSPS) is 48.7. The van der Waals surface area contributed by atoms with Crippen molar-refractivity contribution in [3.63, 3.8) is 0 Å². The van der Waals surface area contributed by atoms with Crippen molar-refractivity contribution < 1.29 is 24.9 Å². The van der Waals surface area contributed by atoms with Gasteiger partial charge < -0.3 is 20.1 Å². The van der Waals surface area contributed by atoms with E-state index in [4.69, 9.17) is 4.74 Å². The van der Waals surface area contributed by atoms with E-state index in [1.165, 1.54) is 5.57 Å². The van der Waals surface area contributed by atoms with Crippen LogP contribution in [0.2, 0.25) is 0 Å². The summed E-state index contributed by atoms with van der Waals surface area (Å²) in [6.07, 6.45) is 9.65. The van der Waals surface area contributed by atoms with Gasteiger partial charge in [-0.3, -0.25) is 4.79 Å². The summed E-state index contributed by atoms with van der Waals surface area (Å²) in [7, 11) is 1.60. The molecule has 2 unspecified atom stereocenters. The molecule has 5 heteroatoms. The zero-order valence-electron chi connectivity index (χ0n) is 18.4. The molecule has 3 N–H and O–H groups in total. The third-order valence-corrected chi connectivity index (χ3v) is 9.77. The lowest BCUT2D eigenvalue weighted by molar-refractivity contribution is -0.209. The third-order valence-electron chi connectivity index (χ3n) is 9.77.